The van der Waals surface area contributed by atoms with Gasteiger partial charge in [0.05, 0.1) is 5.56 Å². The number of hydrogen-bond donors (Lipinski definition) is 2. The molecule has 1 amide bonds. The van der Waals surface area contributed by atoms with E-state index in [1.54, 1.807) is 31.6 Å². The number of guanidine groups is 1. The minimum atomic E-state index is -0.111. The van der Waals surface area contributed by atoms with Crippen LogP contribution in [0.3, 0.4) is 0 Å². The maximum atomic E-state index is 11.9. The fraction of sp³-hybridized carbons (Fsp3) is 0.588. The van der Waals surface area contributed by atoms with Gasteiger partial charge in [0.15, 0.2) is 5.96 Å². The van der Waals surface area contributed by atoms with Crippen LogP contribution in [0, 0.1) is 5.41 Å². The molecule has 2 heterocycles. The minimum absolute atomic E-state index is 0. The van der Waals surface area contributed by atoms with E-state index in [-0.39, 0.29) is 40.8 Å². The fourth-order valence-electron chi connectivity index (χ4n) is 2.64. The van der Waals surface area contributed by atoms with Crippen molar-refractivity contribution in [1.29, 1.82) is 0 Å². The van der Waals surface area contributed by atoms with Gasteiger partial charge in [-0.25, -0.2) is 0 Å². The minimum Gasteiger partial charge on any atom is -0.354 e. The third-order valence-electron chi connectivity index (χ3n) is 4.97. The first-order chi connectivity index (χ1) is 10.8. The number of carbonyl (C=O) groups excluding carboxylic acids is 1. The van der Waals surface area contributed by atoms with Crippen LogP contribution in [0.15, 0.2) is 29.5 Å². The van der Waals surface area contributed by atoms with E-state index in [9.17, 15) is 4.79 Å². The number of carbonyl (C=O) groups is 1. The zero-order valence-corrected chi connectivity index (χ0v) is 17.4. The molecule has 0 bridgehead atoms. The lowest BCUT2D eigenvalue weighted by atomic mass is 9.65. The summed E-state index contributed by atoms with van der Waals surface area (Å²) in [7, 11) is 1.79. The lowest BCUT2D eigenvalue weighted by Gasteiger charge is -2.62. The summed E-state index contributed by atoms with van der Waals surface area (Å²) in [4.78, 5) is 22.5. The molecule has 1 aliphatic rings. The van der Waals surface area contributed by atoms with Gasteiger partial charge in [0.25, 0.3) is 5.91 Å². The third-order valence-corrected chi connectivity index (χ3v) is 4.97. The predicted molar refractivity (Wildman–Crippen MR) is 108 cm³/mol. The number of nitrogens with one attached hydrogen (secondary N) is 2. The molecule has 2 rings (SSSR count). The summed E-state index contributed by atoms with van der Waals surface area (Å²) < 4.78 is 0. The number of halogens is 1. The van der Waals surface area contributed by atoms with E-state index in [0.29, 0.717) is 18.7 Å². The molecule has 0 atom stereocenters. The highest BCUT2D eigenvalue weighted by atomic mass is 127. The van der Waals surface area contributed by atoms with Gasteiger partial charge in [0.2, 0.25) is 0 Å². The molecule has 1 fully saturated rings. The molecular weight excluding hydrogens is 417 g/mol. The monoisotopic (exact) mass is 445 g/mol. The Morgan fingerprint density at radius 2 is 1.96 bits per heavy atom. The van der Waals surface area contributed by atoms with E-state index in [2.05, 4.69) is 53.2 Å². The van der Waals surface area contributed by atoms with Gasteiger partial charge >= 0.3 is 0 Å². The number of amides is 1. The van der Waals surface area contributed by atoms with E-state index in [1.165, 1.54) is 0 Å². The van der Waals surface area contributed by atoms with Crippen LogP contribution < -0.4 is 10.6 Å². The summed E-state index contributed by atoms with van der Waals surface area (Å²) in [6, 6.07) is 3.50. The van der Waals surface area contributed by atoms with Gasteiger partial charge in [-0.1, -0.05) is 13.8 Å². The highest BCUT2D eigenvalue weighted by Crippen LogP contribution is 2.46. The Balaban J connectivity index is 0.00000288. The quantitative estimate of drug-likeness (QED) is 0.323. The number of rotatable bonds is 4. The summed E-state index contributed by atoms with van der Waals surface area (Å²) in [6.07, 6.45) is 3.21. The number of pyridine rings is 1. The molecule has 1 saturated heterocycles. The normalized spacial score (nSPS) is 18.2. The van der Waals surface area contributed by atoms with Gasteiger partial charge < -0.3 is 15.5 Å². The van der Waals surface area contributed by atoms with Gasteiger partial charge in [-0.15, -0.1) is 24.0 Å². The molecule has 1 aliphatic heterocycles. The molecule has 2 N–H and O–H groups in total. The SMILES string of the molecule is CN=C(NCCNC(=O)c1cccnc1)N1CC(C)(C)C1(C)C.I. The molecule has 0 aliphatic carbocycles. The molecule has 0 spiro atoms. The molecule has 0 unspecified atom stereocenters. The molecule has 1 aromatic heterocycles. The second-order valence-electron chi connectivity index (χ2n) is 7.00. The molecule has 0 radical (unpaired) electrons. The smallest absolute Gasteiger partial charge is 0.252 e. The highest BCUT2D eigenvalue weighted by Gasteiger charge is 2.53. The lowest BCUT2D eigenvalue weighted by Crippen LogP contribution is -2.72. The zero-order valence-electron chi connectivity index (χ0n) is 15.1. The molecule has 134 valence electrons. The fourth-order valence-corrected chi connectivity index (χ4v) is 2.64. The van der Waals surface area contributed by atoms with Crippen molar-refractivity contribution in [1.82, 2.24) is 20.5 Å². The first-order valence-electron chi connectivity index (χ1n) is 7.96. The van der Waals surface area contributed by atoms with Crippen molar-refractivity contribution in [2.24, 2.45) is 10.4 Å². The van der Waals surface area contributed by atoms with Crippen molar-refractivity contribution >= 4 is 35.8 Å². The second-order valence-corrected chi connectivity index (χ2v) is 7.00. The van der Waals surface area contributed by atoms with Crippen molar-refractivity contribution in [2.45, 2.75) is 33.2 Å². The van der Waals surface area contributed by atoms with E-state index in [0.717, 1.165) is 12.5 Å². The Morgan fingerprint density at radius 3 is 2.46 bits per heavy atom. The summed E-state index contributed by atoms with van der Waals surface area (Å²) >= 11 is 0. The maximum absolute atomic E-state index is 11.9. The van der Waals surface area contributed by atoms with E-state index in [1.807, 2.05) is 0 Å². The van der Waals surface area contributed by atoms with Gasteiger partial charge in [-0.2, -0.15) is 0 Å². The molecular formula is C17H28IN5O. The summed E-state index contributed by atoms with van der Waals surface area (Å²) in [6.45, 7) is 11.1. The number of aliphatic imine (C=N–C) groups is 1. The second kappa shape index (κ2) is 8.13. The first kappa shape index (κ1) is 20.7. The Morgan fingerprint density at radius 1 is 1.29 bits per heavy atom. The number of aromatic nitrogens is 1. The molecule has 0 saturated carbocycles. The lowest BCUT2D eigenvalue weighted by molar-refractivity contribution is -0.0666. The molecule has 0 aromatic carbocycles. The zero-order chi connectivity index (χ0) is 17.1. The molecule has 7 heteroatoms. The molecule has 6 nitrogen and oxygen atoms in total. The van der Waals surface area contributed by atoms with E-state index >= 15 is 0 Å². The summed E-state index contributed by atoms with van der Waals surface area (Å²) in [5.41, 5.74) is 0.898. The Kier molecular flexibility index (Phi) is 7.00. The van der Waals surface area contributed by atoms with Crippen LogP contribution in [0.4, 0.5) is 0 Å². The van der Waals surface area contributed by atoms with Crippen molar-refractivity contribution in [3.63, 3.8) is 0 Å². The topological polar surface area (TPSA) is 69.6 Å². The van der Waals surface area contributed by atoms with Crippen molar-refractivity contribution in [2.75, 3.05) is 26.7 Å². The Bertz CT molecular complexity index is 586. The Labute approximate surface area is 161 Å². The number of nitrogens with zero attached hydrogens (tertiary/aromatic N) is 3. The van der Waals surface area contributed by atoms with E-state index in [4.69, 9.17) is 0 Å². The van der Waals surface area contributed by atoms with Crippen molar-refractivity contribution < 1.29 is 4.79 Å². The van der Waals surface area contributed by atoms with Crippen LogP contribution in [-0.4, -0.2) is 54.0 Å². The van der Waals surface area contributed by atoms with Crippen LogP contribution in [0.1, 0.15) is 38.1 Å². The van der Waals surface area contributed by atoms with Crippen molar-refractivity contribution in [3.05, 3.63) is 30.1 Å². The Hall–Kier alpha value is -1.38. The van der Waals surface area contributed by atoms with Gasteiger partial charge in [0.1, 0.15) is 0 Å². The van der Waals surface area contributed by atoms with Crippen LogP contribution in [-0.2, 0) is 0 Å². The predicted octanol–water partition coefficient (Wildman–Crippen LogP) is 2.13. The third kappa shape index (κ3) is 4.17. The molecule has 1 aromatic rings. The summed E-state index contributed by atoms with van der Waals surface area (Å²) in [5, 5.41) is 6.19. The largest absolute Gasteiger partial charge is 0.354 e. The average Bonchev–Trinajstić information content (AvgIpc) is 2.54. The van der Waals surface area contributed by atoms with Crippen molar-refractivity contribution in [3.8, 4) is 0 Å². The standard InChI is InChI=1S/C17H27N5O.HI/c1-16(2)12-22(17(16,3)4)15(18-5)21-10-9-20-14(23)13-7-6-8-19-11-13;/h6-8,11H,9-10,12H2,1-5H3,(H,18,21)(H,20,23);1H. The van der Waals surface area contributed by atoms with Gasteiger partial charge in [-0.05, 0) is 26.0 Å². The van der Waals surface area contributed by atoms with Gasteiger partial charge in [-0.3, -0.25) is 14.8 Å². The maximum Gasteiger partial charge on any atom is 0.252 e. The van der Waals surface area contributed by atoms with Crippen LogP contribution in [0.25, 0.3) is 0 Å². The highest BCUT2D eigenvalue weighted by molar-refractivity contribution is 14.0. The van der Waals surface area contributed by atoms with Crippen LogP contribution >= 0.6 is 24.0 Å². The molecule has 24 heavy (non-hydrogen) atoms. The van der Waals surface area contributed by atoms with Gasteiger partial charge in [0, 0.05) is 50.0 Å². The summed E-state index contributed by atoms with van der Waals surface area (Å²) in [5.74, 6) is 0.769. The van der Waals surface area contributed by atoms with E-state index < -0.39 is 0 Å². The number of likely N-dealkylation sites (tertiary alicyclic amines) is 1. The van der Waals surface area contributed by atoms with Crippen LogP contribution in [0.2, 0.25) is 0 Å². The van der Waals surface area contributed by atoms with Crippen LogP contribution in [0.5, 0.6) is 0 Å². The number of hydrogen-bond acceptors (Lipinski definition) is 3. The first-order valence-corrected chi connectivity index (χ1v) is 7.96. The average molecular weight is 445 g/mol.